The highest BCUT2D eigenvalue weighted by Crippen LogP contribution is 2.06. The third-order valence-corrected chi connectivity index (χ3v) is 3.02. The summed E-state index contributed by atoms with van der Waals surface area (Å²) >= 11 is 4.88. The van der Waals surface area contributed by atoms with Crippen LogP contribution >= 0.6 is 12.2 Å². The number of thiocarbonyl (C=S) groups is 1. The van der Waals surface area contributed by atoms with Gasteiger partial charge in [-0.25, -0.2) is 0 Å². The average molecular weight is 280 g/mol. The van der Waals surface area contributed by atoms with Crippen LogP contribution in [-0.2, 0) is 9.47 Å². The fraction of sp³-hybridized carbons (Fsp3) is 0.385. The summed E-state index contributed by atoms with van der Waals surface area (Å²) in [6, 6.07) is 6.92. The Morgan fingerprint density at radius 1 is 1.42 bits per heavy atom. The number of rotatable bonds is 4. The molecule has 0 aromatic heterocycles. The molecule has 1 amide bonds. The predicted octanol–water partition coefficient (Wildman–Crippen LogP) is 0.466. The SMILES string of the molecule is NC(=S)c1cccc(C(=O)NCC2COCCO2)c1. The van der Waals surface area contributed by atoms with E-state index in [1.807, 2.05) is 0 Å². The van der Waals surface area contributed by atoms with E-state index in [1.165, 1.54) is 0 Å². The van der Waals surface area contributed by atoms with Crippen LogP contribution in [-0.4, -0.2) is 43.4 Å². The number of carbonyl (C=O) groups excluding carboxylic acids is 1. The molecule has 0 spiro atoms. The molecule has 1 aliphatic rings. The Bertz CT molecular complexity index is 473. The Hall–Kier alpha value is -1.50. The van der Waals surface area contributed by atoms with Crippen LogP contribution in [0.25, 0.3) is 0 Å². The Kier molecular flexibility index (Phi) is 4.84. The number of nitrogens with two attached hydrogens (primary N) is 1. The van der Waals surface area contributed by atoms with Crippen molar-refractivity contribution in [1.82, 2.24) is 5.32 Å². The number of hydrogen-bond acceptors (Lipinski definition) is 4. The van der Waals surface area contributed by atoms with Crippen molar-refractivity contribution < 1.29 is 14.3 Å². The van der Waals surface area contributed by atoms with E-state index in [0.717, 1.165) is 0 Å². The van der Waals surface area contributed by atoms with E-state index in [4.69, 9.17) is 27.4 Å². The Balaban J connectivity index is 1.92. The molecule has 1 aromatic carbocycles. The largest absolute Gasteiger partial charge is 0.389 e. The van der Waals surface area contributed by atoms with Crippen molar-refractivity contribution in [2.24, 2.45) is 5.73 Å². The molecule has 19 heavy (non-hydrogen) atoms. The first kappa shape index (κ1) is 13.9. The van der Waals surface area contributed by atoms with Crippen molar-refractivity contribution in [3.63, 3.8) is 0 Å². The van der Waals surface area contributed by atoms with Gasteiger partial charge in [0.2, 0.25) is 0 Å². The Morgan fingerprint density at radius 2 is 2.21 bits per heavy atom. The molecule has 1 heterocycles. The predicted molar refractivity (Wildman–Crippen MR) is 75.2 cm³/mol. The number of benzene rings is 1. The maximum Gasteiger partial charge on any atom is 0.251 e. The minimum atomic E-state index is -0.174. The average Bonchev–Trinajstić information content (AvgIpc) is 2.46. The lowest BCUT2D eigenvalue weighted by molar-refractivity contribution is -0.0855. The molecule has 0 aliphatic carbocycles. The molecule has 1 aliphatic heterocycles. The zero-order valence-electron chi connectivity index (χ0n) is 10.4. The molecule has 1 atom stereocenters. The topological polar surface area (TPSA) is 73.6 Å². The fourth-order valence-electron chi connectivity index (χ4n) is 1.78. The first-order valence-electron chi connectivity index (χ1n) is 6.04. The molecule has 0 bridgehead atoms. The van der Waals surface area contributed by atoms with Crippen molar-refractivity contribution in [3.05, 3.63) is 35.4 Å². The summed E-state index contributed by atoms with van der Waals surface area (Å²) in [5.41, 5.74) is 6.75. The van der Waals surface area contributed by atoms with Gasteiger partial charge in [0.15, 0.2) is 0 Å². The minimum Gasteiger partial charge on any atom is -0.389 e. The van der Waals surface area contributed by atoms with Crippen LogP contribution < -0.4 is 11.1 Å². The van der Waals surface area contributed by atoms with Crippen molar-refractivity contribution in [2.45, 2.75) is 6.10 Å². The van der Waals surface area contributed by atoms with Crippen molar-refractivity contribution >= 4 is 23.1 Å². The van der Waals surface area contributed by atoms with Gasteiger partial charge in [-0.1, -0.05) is 24.4 Å². The second-order valence-electron chi connectivity index (χ2n) is 4.22. The van der Waals surface area contributed by atoms with E-state index >= 15 is 0 Å². The van der Waals surface area contributed by atoms with E-state index < -0.39 is 0 Å². The van der Waals surface area contributed by atoms with Crippen LogP contribution in [0.1, 0.15) is 15.9 Å². The standard InChI is InChI=1S/C13H16N2O3S/c14-12(19)9-2-1-3-10(6-9)13(16)15-7-11-8-17-4-5-18-11/h1-3,6,11H,4-5,7-8H2,(H2,14,19)(H,15,16). The van der Waals surface area contributed by atoms with Crippen LogP contribution in [0.4, 0.5) is 0 Å². The first-order chi connectivity index (χ1) is 9.16. The highest BCUT2D eigenvalue weighted by molar-refractivity contribution is 7.80. The molecular weight excluding hydrogens is 264 g/mol. The van der Waals surface area contributed by atoms with Crippen LogP contribution in [0, 0.1) is 0 Å². The van der Waals surface area contributed by atoms with E-state index in [2.05, 4.69) is 5.32 Å². The van der Waals surface area contributed by atoms with Crippen molar-refractivity contribution in [1.29, 1.82) is 0 Å². The summed E-state index contributed by atoms with van der Waals surface area (Å²) < 4.78 is 10.7. The molecule has 2 rings (SSSR count). The zero-order chi connectivity index (χ0) is 13.7. The first-order valence-corrected chi connectivity index (χ1v) is 6.45. The smallest absolute Gasteiger partial charge is 0.251 e. The molecule has 5 nitrogen and oxygen atoms in total. The van der Waals surface area contributed by atoms with Crippen molar-refractivity contribution in [2.75, 3.05) is 26.4 Å². The lowest BCUT2D eigenvalue weighted by Crippen LogP contribution is -2.39. The summed E-state index contributed by atoms with van der Waals surface area (Å²) in [6.07, 6.45) is -0.0866. The molecule has 1 aromatic rings. The number of amides is 1. The maximum atomic E-state index is 12.0. The van der Waals surface area contributed by atoms with Crippen LogP contribution in [0.3, 0.4) is 0 Å². The molecule has 3 N–H and O–H groups in total. The Morgan fingerprint density at radius 3 is 2.89 bits per heavy atom. The molecule has 1 fully saturated rings. The second kappa shape index (κ2) is 6.60. The summed E-state index contributed by atoms with van der Waals surface area (Å²) in [5, 5.41) is 2.81. The van der Waals surface area contributed by atoms with Gasteiger partial charge in [0.25, 0.3) is 5.91 Å². The molecule has 1 unspecified atom stereocenters. The maximum absolute atomic E-state index is 12.0. The quantitative estimate of drug-likeness (QED) is 0.784. The second-order valence-corrected chi connectivity index (χ2v) is 4.66. The van der Waals surface area contributed by atoms with Crippen LogP contribution in [0.5, 0.6) is 0 Å². The summed E-state index contributed by atoms with van der Waals surface area (Å²) in [4.78, 5) is 12.2. The van der Waals surface area contributed by atoms with E-state index in [0.29, 0.717) is 37.5 Å². The molecular formula is C13H16N2O3S. The third-order valence-electron chi connectivity index (χ3n) is 2.78. The summed E-state index contributed by atoms with van der Waals surface area (Å²) in [7, 11) is 0. The lowest BCUT2D eigenvalue weighted by Gasteiger charge is -2.23. The molecule has 102 valence electrons. The molecule has 0 radical (unpaired) electrons. The third kappa shape index (κ3) is 3.99. The normalized spacial score (nSPS) is 18.8. The summed E-state index contributed by atoms with van der Waals surface area (Å²) in [5.74, 6) is -0.174. The van der Waals surface area contributed by atoms with Crippen LogP contribution in [0.2, 0.25) is 0 Å². The van der Waals surface area contributed by atoms with Gasteiger partial charge in [-0.15, -0.1) is 0 Å². The monoisotopic (exact) mass is 280 g/mol. The minimum absolute atomic E-state index is 0.0866. The van der Waals surface area contributed by atoms with Crippen LogP contribution in [0.15, 0.2) is 24.3 Å². The fourth-order valence-corrected chi connectivity index (χ4v) is 1.90. The lowest BCUT2D eigenvalue weighted by atomic mass is 10.1. The highest BCUT2D eigenvalue weighted by atomic mass is 32.1. The number of hydrogen-bond donors (Lipinski definition) is 2. The molecule has 1 saturated heterocycles. The summed E-state index contributed by atoms with van der Waals surface area (Å²) in [6.45, 7) is 2.11. The van der Waals surface area contributed by atoms with E-state index in [1.54, 1.807) is 24.3 Å². The van der Waals surface area contributed by atoms with Gasteiger partial charge in [-0.2, -0.15) is 0 Å². The molecule has 0 saturated carbocycles. The molecule has 6 heteroatoms. The number of ether oxygens (including phenoxy) is 2. The van der Waals surface area contributed by atoms with E-state index in [-0.39, 0.29) is 17.0 Å². The van der Waals surface area contributed by atoms with Gasteiger partial charge in [0.05, 0.1) is 25.9 Å². The van der Waals surface area contributed by atoms with E-state index in [9.17, 15) is 4.79 Å². The van der Waals surface area contributed by atoms with Gasteiger partial charge >= 0.3 is 0 Å². The van der Waals surface area contributed by atoms with Gasteiger partial charge in [0.1, 0.15) is 4.99 Å². The zero-order valence-corrected chi connectivity index (χ0v) is 11.2. The van der Waals surface area contributed by atoms with Gasteiger partial charge in [0, 0.05) is 17.7 Å². The van der Waals surface area contributed by atoms with Gasteiger partial charge in [-0.05, 0) is 12.1 Å². The van der Waals surface area contributed by atoms with Crippen molar-refractivity contribution in [3.8, 4) is 0 Å². The Labute approximate surface area is 117 Å². The van der Waals surface area contributed by atoms with Gasteiger partial charge < -0.3 is 20.5 Å². The van der Waals surface area contributed by atoms with Gasteiger partial charge in [-0.3, -0.25) is 4.79 Å². The number of carbonyl (C=O) groups is 1. The number of nitrogens with one attached hydrogen (secondary N) is 1. The highest BCUT2D eigenvalue weighted by Gasteiger charge is 2.15.